The molecule has 15 heteroatoms. The highest BCUT2D eigenvalue weighted by molar-refractivity contribution is 7.18. The number of fused-ring (bicyclic) bond motifs is 2. The third-order valence-corrected chi connectivity index (χ3v) is 10.9. The number of nitrogens with two attached hydrogens (primary N) is 1. The number of piperidine rings is 1. The number of likely N-dealkylation sites (tertiary alicyclic amines) is 1. The average Bonchev–Trinajstić information content (AvgIpc) is 3.63. The van der Waals surface area contributed by atoms with Gasteiger partial charge in [0.25, 0.3) is 0 Å². The minimum Gasteiger partial charge on any atom is -0.368 e. The molecule has 1 amide bonds. The van der Waals surface area contributed by atoms with Gasteiger partial charge in [-0.1, -0.05) is 6.07 Å². The van der Waals surface area contributed by atoms with Gasteiger partial charge in [-0.05, 0) is 56.0 Å². The fraction of sp³-hybridized carbons (Fsp3) is 0.529. The Morgan fingerprint density at radius 1 is 1.10 bits per heavy atom. The number of amides is 1. The van der Waals surface area contributed by atoms with Crippen LogP contribution in [0.3, 0.4) is 0 Å². The van der Waals surface area contributed by atoms with E-state index in [1.165, 1.54) is 17.2 Å². The maximum Gasteiger partial charge on any atom is 0.393 e. The molecule has 3 aromatic heterocycles. The van der Waals surface area contributed by atoms with Crippen molar-refractivity contribution in [3.63, 3.8) is 0 Å². The minimum absolute atomic E-state index is 0.0332. The third-order valence-electron chi connectivity index (χ3n) is 9.86. The van der Waals surface area contributed by atoms with Gasteiger partial charge in [0.2, 0.25) is 11.9 Å². The Hall–Kier alpha value is -3.97. The van der Waals surface area contributed by atoms with Crippen molar-refractivity contribution in [1.82, 2.24) is 34.6 Å². The third kappa shape index (κ3) is 8.09. The average molecular weight is 697 g/mol. The molecule has 0 bridgehead atoms. The number of nitrogen functional groups attached to an aromatic ring is 1. The lowest BCUT2D eigenvalue weighted by Crippen LogP contribution is -2.52. The molecule has 0 unspecified atom stereocenters. The van der Waals surface area contributed by atoms with Crippen LogP contribution in [0.5, 0.6) is 0 Å². The Morgan fingerprint density at radius 3 is 2.51 bits per heavy atom. The highest BCUT2D eigenvalue weighted by Gasteiger charge is 2.30. The number of nitrogens with zero attached hydrogens (tertiary/aromatic N) is 7. The smallest absolute Gasteiger partial charge is 0.368 e. The minimum atomic E-state index is -4.29. The highest BCUT2D eigenvalue weighted by atomic mass is 32.1. The maximum atomic E-state index is 13.0. The first-order valence-electron chi connectivity index (χ1n) is 16.7. The summed E-state index contributed by atoms with van der Waals surface area (Å²) in [5.41, 5.74) is 10.0. The van der Waals surface area contributed by atoms with E-state index in [0.29, 0.717) is 34.8 Å². The fourth-order valence-electron chi connectivity index (χ4n) is 7.06. The van der Waals surface area contributed by atoms with Gasteiger partial charge >= 0.3 is 6.18 Å². The van der Waals surface area contributed by atoms with Crippen LogP contribution in [0.15, 0.2) is 24.3 Å². The largest absolute Gasteiger partial charge is 0.393 e. The molecule has 1 atom stereocenters. The SMILES string of the molecule is CNC(=O)CN1CCN([C@@H](C)Cn2c(C#N)cc3c(C)c(CN4CCC(Nc5nc(N)nc6sc(CC(F)(F)F)cc56)CC4)ccc32)CC1. The monoisotopic (exact) mass is 696 g/mol. The molecule has 4 N–H and O–H groups in total. The molecule has 2 aliphatic rings. The van der Waals surface area contributed by atoms with Gasteiger partial charge in [0, 0.05) is 87.3 Å². The van der Waals surface area contributed by atoms with Crippen molar-refractivity contribution >= 4 is 50.1 Å². The number of carbonyl (C=O) groups is 1. The van der Waals surface area contributed by atoms with Crippen molar-refractivity contribution in [3.8, 4) is 6.07 Å². The van der Waals surface area contributed by atoms with Crippen molar-refractivity contribution in [2.75, 3.05) is 63.9 Å². The number of alkyl halides is 3. The van der Waals surface area contributed by atoms with E-state index in [2.05, 4.69) is 71.9 Å². The first-order valence-corrected chi connectivity index (χ1v) is 17.5. The van der Waals surface area contributed by atoms with Gasteiger partial charge in [0.05, 0.1) is 18.4 Å². The van der Waals surface area contributed by atoms with Crippen LogP contribution in [0, 0.1) is 18.3 Å². The van der Waals surface area contributed by atoms with Gasteiger partial charge in [-0.2, -0.15) is 23.4 Å². The summed E-state index contributed by atoms with van der Waals surface area (Å²) >= 11 is 1.000. The highest BCUT2D eigenvalue weighted by Crippen LogP contribution is 2.34. The van der Waals surface area contributed by atoms with E-state index < -0.39 is 12.6 Å². The fourth-order valence-corrected chi connectivity index (χ4v) is 8.12. The van der Waals surface area contributed by atoms with Crippen molar-refractivity contribution in [2.45, 2.75) is 64.5 Å². The molecule has 2 saturated heterocycles. The quantitative estimate of drug-likeness (QED) is 0.222. The van der Waals surface area contributed by atoms with Gasteiger partial charge in [-0.15, -0.1) is 11.3 Å². The Labute approximate surface area is 287 Å². The number of halogens is 3. The van der Waals surface area contributed by atoms with Crippen molar-refractivity contribution in [3.05, 3.63) is 46.0 Å². The molecule has 5 heterocycles. The number of piperazine rings is 1. The van der Waals surface area contributed by atoms with E-state index in [1.54, 1.807) is 7.05 Å². The number of benzene rings is 1. The molecule has 2 fully saturated rings. The Kier molecular flexibility index (Phi) is 10.3. The summed E-state index contributed by atoms with van der Waals surface area (Å²) in [6, 6.07) is 10.6. The lowest BCUT2D eigenvalue weighted by Gasteiger charge is -2.38. The molecule has 11 nitrogen and oxygen atoms in total. The zero-order valence-corrected chi connectivity index (χ0v) is 28.9. The molecule has 49 heavy (non-hydrogen) atoms. The van der Waals surface area contributed by atoms with Crippen molar-refractivity contribution in [2.24, 2.45) is 0 Å². The molecule has 0 radical (unpaired) electrons. The molecule has 4 aromatic rings. The van der Waals surface area contributed by atoms with E-state index in [-0.39, 0.29) is 28.8 Å². The summed E-state index contributed by atoms with van der Waals surface area (Å²) in [4.78, 5) is 27.9. The Bertz CT molecular complexity index is 1850. The zero-order chi connectivity index (χ0) is 34.9. The summed E-state index contributed by atoms with van der Waals surface area (Å²) in [6.45, 7) is 11.4. The molecule has 2 aliphatic heterocycles. The summed E-state index contributed by atoms with van der Waals surface area (Å²) in [5, 5.41) is 17.9. The number of hydrogen-bond acceptors (Lipinski definition) is 10. The van der Waals surface area contributed by atoms with Crippen LogP contribution >= 0.6 is 11.3 Å². The molecule has 0 aliphatic carbocycles. The predicted molar refractivity (Wildman–Crippen MR) is 186 cm³/mol. The first kappa shape index (κ1) is 34.9. The number of anilines is 2. The zero-order valence-electron chi connectivity index (χ0n) is 28.1. The molecule has 262 valence electrons. The van der Waals surface area contributed by atoms with Crippen molar-refractivity contribution in [1.29, 1.82) is 5.26 Å². The number of nitriles is 1. The van der Waals surface area contributed by atoms with E-state index in [9.17, 15) is 23.2 Å². The van der Waals surface area contributed by atoms with Crippen LogP contribution in [-0.4, -0.2) is 106 Å². The van der Waals surface area contributed by atoms with E-state index in [1.807, 2.05) is 6.07 Å². The number of nitrogens with one attached hydrogen (secondary N) is 2. The number of hydrogen-bond donors (Lipinski definition) is 3. The van der Waals surface area contributed by atoms with Crippen LogP contribution < -0.4 is 16.4 Å². The second-order valence-corrected chi connectivity index (χ2v) is 14.3. The molecule has 0 spiro atoms. The number of likely N-dealkylation sites (N-methyl/N-ethyl adjacent to an activating group) is 1. The van der Waals surface area contributed by atoms with Crippen LogP contribution in [-0.2, 0) is 24.3 Å². The second-order valence-electron chi connectivity index (χ2n) is 13.2. The van der Waals surface area contributed by atoms with Gasteiger partial charge in [0.1, 0.15) is 22.4 Å². The molecule has 1 aromatic carbocycles. The van der Waals surface area contributed by atoms with E-state index in [0.717, 1.165) is 80.9 Å². The number of aromatic nitrogens is 3. The lowest BCUT2D eigenvalue weighted by atomic mass is 10.0. The van der Waals surface area contributed by atoms with Gasteiger partial charge < -0.3 is 20.9 Å². The van der Waals surface area contributed by atoms with Gasteiger partial charge in [-0.3, -0.25) is 19.5 Å². The number of rotatable bonds is 10. The summed E-state index contributed by atoms with van der Waals surface area (Å²) in [5.74, 6) is 0.562. The lowest BCUT2D eigenvalue weighted by molar-refractivity contribution is -0.126. The van der Waals surface area contributed by atoms with E-state index >= 15 is 0 Å². The standard InChI is InChI=1S/C34H43F3N10OS/c1-21(46-12-10-45(11-13-46)20-30(48)40-3)18-47-25(17-38)14-27-22(2)23(4-5-29(27)47)19-44-8-6-24(7-9-44)41-31-28-15-26(16-34(35,36)37)49-32(28)43-33(39)42-31/h4-5,14-15,21,24H,6-13,16,18-20H2,1-3H3,(H,40,48)(H3,39,41,42,43)/t21-/m0/s1. The maximum absolute atomic E-state index is 13.0. The van der Waals surface area contributed by atoms with Gasteiger partial charge in [-0.25, -0.2) is 4.98 Å². The molecule has 6 rings (SSSR count). The summed E-state index contributed by atoms with van der Waals surface area (Å²) in [6.07, 6.45) is -3.60. The van der Waals surface area contributed by atoms with Crippen molar-refractivity contribution < 1.29 is 18.0 Å². The van der Waals surface area contributed by atoms with Gasteiger partial charge in [0.15, 0.2) is 0 Å². The van der Waals surface area contributed by atoms with Crippen LogP contribution in [0.4, 0.5) is 24.9 Å². The summed E-state index contributed by atoms with van der Waals surface area (Å²) in [7, 11) is 1.66. The summed E-state index contributed by atoms with van der Waals surface area (Å²) < 4.78 is 41.2. The molecule has 0 saturated carbocycles. The van der Waals surface area contributed by atoms with Crippen LogP contribution in [0.25, 0.3) is 21.1 Å². The van der Waals surface area contributed by atoms with Crippen LogP contribution in [0.1, 0.15) is 41.5 Å². The predicted octanol–water partition coefficient (Wildman–Crippen LogP) is 4.34. The normalized spacial score (nSPS) is 17.8. The molecular formula is C34H43F3N10OS. The number of carbonyl (C=O) groups excluding carboxylic acids is 1. The second kappa shape index (κ2) is 14.5. The molecular weight excluding hydrogens is 654 g/mol. The topological polar surface area (TPSA) is 131 Å². The number of aryl methyl sites for hydroxylation is 1. The first-order chi connectivity index (χ1) is 23.4. The Morgan fingerprint density at radius 2 is 1.84 bits per heavy atom. The van der Waals surface area contributed by atoms with E-state index in [4.69, 9.17) is 5.73 Å². The Balaban J connectivity index is 1.07. The number of thiophene rings is 1. The van der Waals surface area contributed by atoms with Crippen LogP contribution in [0.2, 0.25) is 0 Å².